The van der Waals surface area contributed by atoms with Crippen molar-refractivity contribution in [3.63, 3.8) is 0 Å². The number of phenolic OH excluding ortho intramolecular Hbond substituents is 2. The van der Waals surface area contributed by atoms with E-state index >= 15 is 0 Å². The van der Waals surface area contributed by atoms with Crippen LogP contribution in [0.4, 0.5) is 0 Å². The second kappa shape index (κ2) is 7.09. The van der Waals surface area contributed by atoms with Gasteiger partial charge in [0.2, 0.25) is 0 Å². The minimum Gasteiger partial charge on any atom is -0.508 e. The van der Waals surface area contributed by atoms with Crippen LogP contribution in [0.3, 0.4) is 0 Å². The van der Waals surface area contributed by atoms with Crippen LogP contribution in [-0.2, 0) is 5.41 Å². The Balaban J connectivity index is 0.000000206. The molecular formula is C24H24O2. The van der Waals surface area contributed by atoms with Gasteiger partial charge in [0.25, 0.3) is 0 Å². The molecule has 26 heavy (non-hydrogen) atoms. The monoisotopic (exact) mass is 344 g/mol. The molecule has 0 atom stereocenters. The number of fused-ring (bicyclic) bond motifs is 2. The highest BCUT2D eigenvalue weighted by atomic mass is 16.3. The zero-order chi connectivity index (χ0) is 18.7. The van der Waals surface area contributed by atoms with Crippen LogP contribution < -0.4 is 0 Å². The summed E-state index contributed by atoms with van der Waals surface area (Å²) in [6.07, 6.45) is 0. The number of phenols is 2. The molecule has 0 aliphatic carbocycles. The summed E-state index contributed by atoms with van der Waals surface area (Å²) in [4.78, 5) is 0. The molecule has 0 amide bonds. The maximum atomic E-state index is 8.65. The first kappa shape index (κ1) is 17.8. The Morgan fingerprint density at radius 3 is 1.62 bits per heavy atom. The first-order valence-corrected chi connectivity index (χ1v) is 8.74. The fourth-order valence-electron chi connectivity index (χ4n) is 3.07. The Labute approximate surface area is 154 Å². The Kier molecular flexibility index (Phi) is 4.85. The average Bonchev–Trinajstić information content (AvgIpc) is 2.61. The molecule has 2 nitrogen and oxygen atoms in total. The maximum absolute atomic E-state index is 8.65. The molecule has 0 heterocycles. The van der Waals surface area contributed by atoms with Gasteiger partial charge in [0.1, 0.15) is 11.5 Å². The predicted molar refractivity (Wildman–Crippen MR) is 110 cm³/mol. The average molecular weight is 344 g/mol. The van der Waals surface area contributed by atoms with E-state index in [-0.39, 0.29) is 16.9 Å². The van der Waals surface area contributed by atoms with Crippen molar-refractivity contribution in [1.82, 2.24) is 0 Å². The number of rotatable bonds is 0. The van der Waals surface area contributed by atoms with Gasteiger partial charge in [-0.2, -0.15) is 0 Å². The molecule has 0 unspecified atom stereocenters. The SMILES string of the molecule is CC(C)(C)c1cccc2cc3ccccc3cc12.Oc1ccc(O)cc1. The van der Waals surface area contributed by atoms with Crippen molar-refractivity contribution >= 4 is 21.5 Å². The van der Waals surface area contributed by atoms with Gasteiger partial charge in [0, 0.05) is 0 Å². The van der Waals surface area contributed by atoms with Gasteiger partial charge in [0.05, 0.1) is 0 Å². The zero-order valence-corrected chi connectivity index (χ0v) is 15.4. The third-order valence-corrected chi connectivity index (χ3v) is 4.40. The summed E-state index contributed by atoms with van der Waals surface area (Å²) < 4.78 is 0. The first-order chi connectivity index (χ1) is 12.3. The highest BCUT2D eigenvalue weighted by Gasteiger charge is 2.16. The van der Waals surface area contributed by atoms with E-state index in [1.165, 1.54) is 51.4 Å². The van der Waals surface area contributed by atoms with Crippen LogP contribution in [0.25, 0.3) is 21.5 Å². The second-order valence-corrected chi connectivity index (χ2v) is 7.49. The van der Waals surface area contributed by atoms with E-state index in [0.717, 1.165) is 0 Å². The standard InChI is InChI=1S/C18H18.C6H6O2/c1-18(2,3)17-10-6-9-15-11-13-7-4-5-8-14(13)12-16(15)17;7-5-1-2-6(8)4-3-5/h4-12H,1-3H3;1-4,7-8H. The number of aromatic hydroxyl groups is 2. The van der Waals surface area contributed by atoms with Crippen molar-refractivity contribution in [2.75, 3.05) is 0 Å². The second-order valence-electron chi connectivity index (χ2n) is 7.49. The fraction of sp³-hybridized carbons (Fsp3) is 0.167. The summed E-state index contributed by atoms with van der Waals surface area (Å²) in [7, 11) is 0. The highest BCUT2D eigenvalue weighted by molar-refractivity contribution is 5.99. The minimum atomic E-state index is 0.169. The van der Waals surface area contributed by atoms with E-state index in [1.54, 1.807) is 0 Å². The van der Waals surface area contributed by atoms with Crippen molar-refractivity contribution in [2.45, 2.75) is 26.2 Å². The largest absolute Gasteiger partial charge is 0.508 e. The molecule has 0 saturated heterocycles. The Hall–Kier alpha value is -3.00. The van der Waals surface area contributed by atoms with Crippen molar-refractivity contribution in [2.24, 2.45) is 0 Å². The van der Waals surface area contributed by atoms with Gasteiger partial charge in [-0.15, -0.1) is 0 Å². The molecule has 0 fully saturated rings. The highest BCUT2D eigenvalue weighted by Crippen LogP contribution is 2.32. The Bertz CT molecular complexity index is 1000. The van der Waals surface area contributed by atoms with Gasteiger partial charge < -0.3 is 10.2 Å². The topological polar surface area (TPSA) is 40.5 Å². The van der Waals surface area contributed by atoms with Crippen LogP contribution >= 0.6 is 0 Å². The fourth-order valence-corrected chi connectivity index (χ4v) is 3.07. The third kappa shape index (κ3) is 3.97. The van der Waals surface area contributed by atoms with E-state index < -0.39 is 0 Å². The van der Waals surface area contributed by atoms with Gasteiger partial charge in [0.15, 0.2) is 0 Å². The van der Waals surface area contributed by atoms with Crippen LogP contribution in [0, 0.1) is 0 Å². The number of hydrogen-bond acceptors (Lipinski definition) is 2. The summed E-state index contributed by atoms with van der Waals surface area (Å²) >= 11 is 0. The van der Waals surface area contributed by atoms with Crippen molar-refractivity contribution < 1.29 is 10.2 Å². The van der Waals surface area contributed by atoms with Crippen LogP contribution in [0.5, 0.6) is 11.5 Å². The van der Waals surface area contributed by atoms with Gasteiger partial charge in [-0.25, -0.2) is 0 Å². The number of hydrogen-bond donors (Lipinski definition) is 2. The molecule has 0 bridgehead atoms. The van der Waals surface area contributed by atoms with Crippen LogP contribution in [0.1, 0.15) is 26.3 Å². The van der Waals surface area contributed by atoms with Gasteiger partial charge in [-0.3, -0.25) is 0 Å². The van der Waals surface area contributed by atoms with Crippen LogP contribution in [0.2, 0.25) is 0 Å². The van der Waals surface area contributed by atoms with Crippen molar-refractivity contribution in [3.8, 4) is 11.5 Å². The Morgan fingerprint density at radius 2 is 1.08 bits per heavy atom. The molecule has 2 heteroatoms. The minimum absolute atomic E-state index is 0.169. The number of benzene rings is 4. The molecule has 0 aliphatic heterocycles. The molecule has 2 N–H and O–H groups in total. The lowest BCUT2D eigenvalue weighted by atomic mass is 9.83. The van der Waals surface area contributed by atoms with Crippen LogP contribution in [-0.4, -0.2) is 10.2 Å². The van der Waals surface area contributed by atoms with Gasteiger partial charge in [-0.05, 0) is 68.9 Å². The van der Waals surface area contributed by atoms with Crippen LogP contribution in [0.15, 0.2) is 78.9 Å². The lowest BCUT2D eigenvalue weighted by Gasteiger charge is -2.21. The van der Waals surface area contributed by atoms with Gasteiger partial charge in [-0.1, -0.05) is 63.2 Å². The summed E-state index contributed by atoms with van der Waals surface area (Å²) in [5, 5.41) is 22.6. The summed E-state index contributed by atoms with van der Waals surface area (Å²) in [5.41, 5.74) is 1.60. The summed E-state index contributed by atoms with van der Waals surface area (Å²) in [6, 6.07) is 25.5. The summed E-state index contributed by atoms with van der Waals surface area (Å²) in [6.45, 7) is 6.82. The van der Waals surface area contributed by atoms with E-state index in [1.807, 2.05) is 0 Å². The third-order valence-electron chi connectivity index (χ3n) is 4.40. The molecule has 4 aromatic rings. The van der Waals surface area contributed by atoms with Crippen molar-refractivity contribution in [3.05, 3.63) is 84.4 Å². The molecule has 132 valence electrons. The van der Waals surface area contributed by atoms with Gasteiger partial charge >= 0.3 is 0 Å². The zero-order valence-electron chi connectivity index (χ0n) is 15.4. The lowest BCUT2D eigenvalue weighted by Crippen LogP contribution is -2.11. The van der Waals surface area contributed by atoms with E-state index in [4.69, 9.17) is 10.2 Å². The van der Waals surface area contributed by atoms with Crippen molar-refractivity contribution in [1.29, 1.82) is 0 Å². The normalized spacial score (nSPS) is 11.2. The molecule has 0 radical (unpaired) electrons. The Morgan fingerprint density at radius 1 is 0.577 bits per heavy atom. The predicted octanol–water partition coefficient (Wildman–Crippen LogP) is 6.39. The van der Waals surface area contributed by atoms with E-state index in [2.05, 4.69) is 75.4 Å². The quantitative estimate of drug-likeness (QED) is 0.287. The molecule has 4 aromatic carbocycles. The van der Waals surface area contributed by atoms with E-state index in [0.29, 0.717) is 0 Å². The smallest absolute Gasteiger partial charge is 0.115 e. The molecule has 0 aromatic heterocycles. The molecule has 0 aliphatic rings. The maximum Gasteiger partial charge on any atom is 0.115 e. The molecule has 0 spiro atoms. The molecule has 4 rings (SSSR count). The first-order valence-electron chi connectivity index (χ1n) is 8.74. The summed E-state index contributed by atoms with van der Waals surface area (Å²) in [5.74, 6) is 0.339. The molecular weight excluding hydrogens is 320 g/mol. The molecule has 0 saturated carbocycles. The van der Waals surface area contributed by atoms with E-state index in [9.17, 15) is 0 Å². The lowest BCUT2D eigenvalue weighted by molar-refractivity contribution is 0.460.